The molecule has 124 valence electrons. The van der Waals surface area contributed by atoms with Crippen LogP contribution in [0.15, 0.2) is 44.2 Å². The highest BCUT2D eigenvalue weighted by molar-refractivity contribution is 7.90. The molecular weight excluding hydrogens is 404 g/mol. The number of rotatable bonds is 2. The first-order chi connectivity index (χ1) is 10.5. The van der Waals surface area contributed by atoms with E-state index < -0.39 is 25.5 Å². The largest absolute Gasteiger partial charge is 0.290 e. The van der Waals surface area contributed by atoms with Gasteiger partial charge in [-0.05, 0) is 31.6 Å². The van der Waals surface area contributed by atoms with E-state index >= 15 is 0 Å². The Kier molecular flexibility index (Phi) is 5.19. The van der Waals surface area contributed by atoms with Crippen LogP contribution in [-0.2, 0) is 14.8 Å². The van der Waals surface area contributed by atoms with Crippen molar-refractivity contribution in [3.8, 4) is 0 Å². The molecule has 23 heavy (non-hydrogen) atoms. The first-order valence-electron chi connectivity index (χ1n) is 6.33. The van der Waals surface area contributed by atoms with Crippen LogP contribution in [0.5, 0.6) is 0 Å². The Morgan fingerprint density at radius 2 is 1.65 bits per heavy atom. The Morgan fingerprint density at radius 1 is 1.13 bits per heavy atom. The van der Waals surface area contributed by atoms with Gasteiger partial charge in [0.25, 0.3) is 10.0 Å². The van der Waals surface area contributed by atoms with Crippen LogP contribution in [0.1, 0.15) is 12.5 Å². The van der Waals surface area contributed by atoms with Crippen LogP contribution in [0.4, 0.5) is 0 Å². The highest BCUT2D eigenvalue weighted by Crippen LogP contribution is 2.41. The van der Waals surface area contributed by atoms with Crippen molar-refractivity contribution in [2.75, 3.05) is 0 Å². The molecule has 9 heteroatoms. The van der Waals surface area contributed by atoms with Gasteiger partial charge in [-0.2, -0.15) is 12.8 Å². The topological polar surface area (TPSA) is 63.6 Å². The van der Waals surface area contributed by atoms with Gasteiger partial charge in [0, 0.05) is 0 Å². The number of halogens is 4. The Balaban J connectivity index is 2.61. The number of sulfonamides is 1. The van der Waals surface area contributed by atoms with Gasteiger partial charge in [-0.25, -0.2) is 0 Å². The number of aryl methyl sites for hydroxylation is 1. The summed E-state index contributed by atoms with van der Waals surface area (Å²) < 4.78 is 26.5. The fourth-order valence-corrected chi connectivity index (χ4v) is 4.11. The lowest BCUT2D eigenvalue weighted by atomic mass is 9.96. The zero-order valence-corrected chi connectivity index (χ0v) is 15.8. The Bertz CT molecular complexity index is 826. The molecule has 1 aromatic rings. The number of Topliss-reactive ketones (excluding diaryl/α,β-unsaturated/α-hetero) is 1. The predicted molar refractivity (Wildman–Crippen MR) is 93.4 cm³/mol. The Morgan fingerprint density at radius 3 is 2.17 bits per heavy atom. The number of alkyl halides is 3. The van der Waals surface area contributed by atoms with E-state index in [1.54, 1.807) is 12.1 Å². The number of hydrogen-bond donors (Lipinski definition) is 0. The zero-order chi connectivity index (χ0) is 17.6. The van der Waals surface area contributed by atoms with Crippen molar-refractivity contribution >= 4 is 67.9 Å². The lowest BCUT2D eigenvalue weighted by Crippen LogP contribution is -2.46. The summed E-state index contributed by atoms with van der Waals surface area (Å²) in [5, 5.41) is -1.63. The number of allylic oxidation sites excluding steroid dienone is 2. The monoisotopic (exact) mass is 413 g/mol. The second kappa shape index (κ2) is 6.37. The predicted octanol–water partition coefficient (Wildman–Crippen LogP) is 4.00. The average Bonchev–Trinajstić information content (AvgIpc) is 2.49. The number of hydrogen-bond acceptors (Lipinski definition) is 3. The molecular formula is C14H11Cl4NO3S. The van der Waals surface area contributed by atoms with Gasteiger partial charge < -0.3 is 0 Å². The number of nitrogens with zero attached hydrogens (tertiary/aromatic N) is 1. The van der Waals surface area contributed by atoms with Crippen molar-refractivity contribution in [2.45, 2.75) is 28.5 Å². The molecule has 4 nitrogen and oxygen atoms in total. The summed E-state index contributed by atoms with van der Waals surface area (Å²) in [5.41, 5.74) is 0.876. The van der Waals surface area contributed by atoms with E-state index in [0.29, 0.717) is 0 Å². The molecule has 1 unspecified atom stereocenters. The third-order valence-electron chi connectivity index (χ3n) is 3.31. The molecule has 0 aromatic heterocycles. The van der Waals surface area contributed by atoms with Crippen LogP contribution in [0, 0.1) is 6.92 Å². The third kappa shape index (κ3) is 3.44. The molecule has 2 rings (SSSR count). The smallest absolute Gasteiger partial charge is 0.282 e. The second-order valence-electron chi connectivity index (χ2n) is 5.02. The second-order valence-corrected chi connectivity index (χ2v) is 8.82. The molecule has 0 aliphatic heterocycles. The maximum absolute atomic E-state index is 12.4. The van der Waals surface area contributed by atoms with Crippen molar-refractivity contribution in [3.05, 3.63) is 40.4 Å². The summed E-state index contributed by atoms with van der Waals surface area (Å²) in [6.45, 7) is 3.26. The van der Waals surface area contributed by atoms with Gasteiger partial charge >= 0.3 is 0 Å². The molecule has 0 radical (unpaired) electrons. The van der Waals surface area contributed by atoms with Gasteiger partial charge in [-0.3, -0.25) is 4.79 Å². The molecule has 0 N–H and O–H groups in total. The number of carbonyl (C=O) groups is 1. The number of benzene rings is 1. The minimum absolute atomic E-state index is 0.0185. The van der Waals surface area contributed by atoms with E-state index in [2.05, 4.69) is 4.40 Å². The standard InChI is InChI=1S/C14H11Cl4NO3S/c1-7-3-5-9(6-4-7)23(21,22)19-11-8(2)10(15)13(20)14(17,18)12(11)16/h3-6,12H,1-2H3/b19-11+. The molecule has 0 saturated heterocycles. The average molecular weight is 415 g/mol. The number of ketones is 1. The molecule has 1 aromatic carbocycles. The highest BCUT2D eigenvalue weighted by Gasteiger charge is 2.50. The van der Waals surface area contributed by atoms with Crippen LogP contribution in [0.25, 0.3) is 0 Å². The van der Waals surface area contributed by atoms with E-state index in [0.717, 1.165) is 5.56 Å². The van der Waals surface area contributed by atoms with Gasteiger partial charge in [0.1, 0.15) is 5.38 Å². The molecule has 0 spiro atoms. The quantitative estimate of drug-likeness (QED) is 0.687. The van der Waals surface area contributed by atoms with Crippen LogP contribution < -0.4 is 0 Å². The van der Waals surface area contributed by atoms with Crippen LogP contribution in [-0.4, -0.2) is 29.6 Å². The highest BCUT2D eigenvalue weighted by atomic mass is 35.5. The van der Waals surface area contributed by atoms with E-state index in [1.807, 2.05) is 6.92 Å². The van der Waals surface area contributed by atoms with E-state index in [-0.39, 0.29) is 21.2 Å². The molecule has 0 heterocycles. The fourth-order valence-electron chi connectivity index (χ4n) is 1.91. The molecule has 1 atom stereocenters. The molecule has 0 fully saturated rings. The SMILES string of the molecule is CC1=C(Cl)C(=O)C(Cl)(Cl)C(Cl)/C1=N/S(=O)(=O)c1ccc(C)cc1. The lowest BCUT2D eigenvalue weighted by molar-refractivity contribution is -0.115. The maximum atomic E-state index is 12.4. The van der Waals surface area contributed by atoms with Crippen molar-refractivity contribution in [1.82, 2.24) is 0 Å². The van der Waals surface area contributed by atoms with Crippen molar-refractivity contribution in [1.29, 1.82) is 0 Å². The van der Waals surface area contributed by atoms with Crippen LogP contribution in [0.2, 0.25) is 0 Å². The van der Waals surface area contributed by atoms with Crippen LogP contribution in [0.3, 0.4) is 0 Å². The maximum Gasteiger partial charge on any atom is 0.282 e. The van der Waals surface area contributed by atoms with E-state index in [1.165, 1.54) is 19.1 Å². The first kappa shape index (κ1) is 18.7. The number of carbonyl (C=O) groups excluding carboxylic acids is 1. The summed E-state index contributed by atoms with van der Waals surface area (Å²) >= 11 is 23.8. The van der Waals surface area contributed by atoms with E-state index in [9.17, 15) is 13.2 Å². The molecule has 0 bridgehead atoms. The minimum Gasteiger partial charge on any atom is -0.290 e. The fraction of sp³-hybridized carbons (Fsp3) is 0.286. The Hall–Kier alpha value is -0.590. The summed E-state index contributed by atoms with van der Waals surface area (Å²) in [7, 11) is -4.05. The summed E-state index contributed by atoms with van der Waals surface area (Å²) in [6.07, 6.45) is 0. The van der Waals surface area contributed by atoms with Gasteiger partial charge in [0.15, 0.2) is 0 Å². The first-order valence-corrected chi connectivity index (χ1v) is 9.34. The molecule has 1 aliphatic rings. The molecule has 0 amide bonds. The normalized spacial score (nSPS) is 23.5. The van der Waals surface area contributed by atoms with Gasteiger partial charge in [-0.1, -0.05) is 52.5 Å². The summed E-state index contributed by atoms with van der Waals surface area (Å²) in [6, 6.07) is 6.11. The van der Waals surface area contributed by atoms with Crippen molar-refractivity contribution < 1.29 is 13.2 Å². The van der Waals surface area contributed by atoms with Gasteiger partial charge in [0.05, 0.1) is 15.6 Å². The van der Waals surface area contributed by atoms with Crippen molar-refractivity contribution in [2.24, 2.45) is 4.40 Å². The summed E-state index contributed by atoms with van der Waals surface area (Å²) in [4.78, 5) is 11.9. The van der Waals surface area contributed by atoms with Gasteiger partial charge in [0.2, 0.25) is 10.1 Å². The van der Waals surface area contributed by atoms with Crippen molar-refractivity contribution in [3.63, 3.8) is 0 Å². The lowest BCUT2D eigenvalue weighted by Gasteiger charge is -2.30. The third-order valence-corrected chi connectivity index (χ3v) is 6.61. The minimum atomic E-state index is -4.05. The van der Waals surface area contributed by atoms with E-state index in [4.69, 9.17) is 46.4 Å². The van der Waals surface area contributed by atoms with Crippen LogP contribution >= 0.6 is 46.4 Å². The molecule has 1 aliphatic carbocycles. The summed E-state index contributed by atoms with van der Waals surface area (Å²) in [5.74, 6) is -0.785. The Labute approximate surface area is 154 Å². The molecule has 0 saturated carbocycles. The zero-order valence-electron chi connectivity index (χ0n) is 12.0. The van der Waals surface area contributed by atoms with Gasteiger partial charge in [-0.15, -0.1) is 11.6 Å².